The number of halogens is 2. The first-order chi connectivity index (χ1) is 60.6. The van der Waals surface area contributed by atoms with E-state index in [-0.39, 0.29) is 104 Å². The summed E-state index contributed by atoms with van der Waals surface area (Å²) in [5.74, 6) is -15.7. The number of primary amides is 1. The number of carbonyl (C=O) groups excluding carboxylic acids is 7. The molecule has 0 unspecified atom stereocenters. The minimum atomic E-state index is -2.40. The number of carbonyl (C=O) groups is 8. The van der Waals surface area contributed by atoms with Crippen LogP contribution in [0.3, 0.4) is 0 Å². The van der Waals surface area contributed by atoms with E-state index >= 15 is 24.0 Å². The number of nitrogens with zero attached hydrogens (tertiary/aromatic N) is 1. The second kappa shape index (κ2) is 39.6. The van der Waals surface area contributed by atoms with Crippen molar-refractivity contribution in [1.82, 2.24) is 47.4 Å². The zero-order valence-corrected chi connectivity index (χ0v) is 73.0. The predicted octanol–water partition coefficient (Wildman–Crippen LogP) is 3.13. The Kier molecular flexibility index (Phi) is 29.5. The quantitative estimate of drug-likeness (QED) is 0.0492. The predicted molar refractivity (Wildman–Crippen MR) is 455 cm³/mol. The van der Waals surface area contributed by atoms with Crippen molar-refractivity contribution in [2.75, 3.05) is 40.0 Å². The number of hydrogen-bond donors (Lipinski definition) is 20. The van der Waals surface area contributed by atoms with E-state index in [0.717, 1.165) is 53.6 Å². The van der Waals surface area contributed by atoms with E-state index < -0.39 is 261 Å². The molecule has 692 valence electrons. The van der Waals surface area contributed by atoms with Crippen molar-refractivity contribution in [2.45, 2.75) is 233 Å². The minimum Gasteiger partial charge on any atom is -0.507 e. The summed E-state index contributed by atoms with van der Waals surface area (Å²) in [5.41, 5.74) is 8.91. The Hall–Kier alpha value is -10.2. The molecule has 11 bridgehead atoms. The number of aromatic hydroxyl groups is 3. The molecule has 22 atom stereocenters. The fraction of sp³-hybridized carbons (Fsp3) is 0.500. The fourth-order valence-electron chi connectivity index (χ4n) is 16.9. The smallest absolute Gasteiger partial charge is 0.330 e. The van der Waals surface area contributed by atoms with Gasteiger partial charge in [-0.15, -0.1) is 0 Å². The molecular formula is C88H109Cl2N11O27. The molecule has 6 aromatic carbocycles. The number of rotatable bonds is 21. The fourth-order valence-corrected chi connectivity index (χ4v) is 17.4. The van der Waals surface area contributed by atoms with Gasteiger partial charge in [0.1, 0.15) is 89.5 Å². The number of morpholine rings is 1. The van der Waals surface area contributed by atoms with E-state index in [9.17, 15) is 65.4 Å². The zero-order valence-electron chi connectivity index (χ0n) is 71.5. The Labute approximate surface area is 745 Å². The number of aliphatic hydroxyl groups excluding tert-OH is 6. The third kappa shape index (κ3) is 20.8. The second-order valence-electron chi connectivity index (χ2n) is 34.6. The van der Waals surface area contributed by atoms with Gasteiger partial charge in [-0.3, -0.25) is 38.5 Å². The Morgan fingerprint density at radius 1 is 0.672 bits per heavy atom. The molecule has 38 nitrogen and oxygen atoms in total. The largest absolute Gasteiger partial charge is 0.507 e. The van der Waals surface area contributed by atoms with Gasteiger partial charge >= 0.3 is 5.97 Å². The van der Waals surface area contributed by atoms with Gasteiger partial charge in [-0.05, 0) is 141 Å². The average molecular weight is 1820 g/mol. The van der Waals surface area contributed by atoms with Crippen LogP contribution in [0.2, 0.25) is 10.0 Å². The number of aliphatic carboxylic acids is 1. The lowest BCUT2D eigenvalue weighted by atomic mass is 9.84. The van der Waals surface area contributed by atoms with Crippen LogP contribution in [0, 0.1) is 5.92 Å². The molecule has 0 aromatic heterocycles. The summed E-state index contributed by atoms with van der Waals surface area (Å²) >= 11 is 14.7. The molecule has 6 aromatic rings. The van der Waals surface area contributed by atoms with E-state index in [1.807, 2.05) is 38.1 Å². The van der Waals surface area contributed by atoms with E-state index in [4.69, 9.17) is 77.3 Å². The van der Waals surface area contributed by atoms with E-state index in [0.29, 0.717) is 0 Å². The van der Waals surface area contributed by atoms with Crippen molar-refractivity contribution in [2.24, 2.45) is 17.4 Å². The number of amides is 7. The summed E-state index contributed by atoms with van der Waals surface area (Å²) in [4.78, 5) is 124. The molecule has 0 aliphatic carbocycles. The minimum absolute atomic E-state index is 0.119. The SMILES string of the molecule is CN[C@H](CC(C)C)C(=O)N[C@H]1C(=O)N[C@@H](CC(N)=O)C(=O)N[C@H]2C(=O)N[C@H]3C(=O)N[C@H](C(=O)N[C@@H](C(=O)O)c4cc(O)c(CN5CCOCC5)c(O)c4-c4cc3ccc4O)[C@H](O[C@H]3C[C@](C)(N)[C@H](O)[C@H](C)O3)c3ccc(c(Cl)c3)Oc3cc2cc(c3O[C@H]2O[C@@H](CO)[C@H](O)[C@@H](O)[C@@H]2O[C@H]2C[C@](C)(NCc3ccc(C(C)C)cc3)[C@H](O)[C@H](C)O2)Oc2ccc(cc2Cl)[C@H]1O. The number of hydrogen-bond acceptors (Lipinski definition) is 30. The van der Waals surface area contributed by atoms with Crippen LogP contribution in [0.4, 0.5) is 0 Å². The maximum atomic E-state index is 16.7. The number of carboxylic acids is 1. The molecule has 9 heterocycles. The van der Waals surface area contributed by atoms with Crippen molar-refractivity contribution in [1.29, 1.82) is 0 Å². The lowest BCUT2D eigenvalue weighted by molar-refractivity contribution is -0.334. The summed E-state index contributed by atoms with van der Waals surface area (Å²) in [6, 6.07) is 6.89. The number of benzene rings is 6. The molecule has 9 aliphatic rings. The third-order valence-electron chi connectivity index (χ3n) is 24.2. The maximum Gasteiger partial charge on any atom is 0.330 e. The van der Waals surface area contributed by atoms with Gasteiger partial charge in [0.2, 0.25) is 53.4 Å². The van der Waals surface area contributed by atoms with E-state index in [1.165, 1.54) is 51.2 Å². The molecule has 0 radical (unpaired) electrons. The van der Waals surface area contributed by atoms with Gasteiger partial charge in [-0.1, -0.05) is 93.4 Å². The first-order valence-electron chi connectivity index (χ1n) is 42.0. The van der Waals surface area contributed by atoms with Crippen LogP contribution in [0.5, 0.6) is 46.0 Å². The number of fused-ring (bicyclic) bond motifs is 15. The van der Waals surface area contributed by atoms with Crippen LogP contribution in [0.15, 0.2) is 97.1 Å². The normalized spacial score (nSPS) is 30.3. The van der Waals surface area contributed by atoms with Crippen molar-refractivity contribution < 1.29 is 132 Å². The number of aliphatic hydroxyl groups is 6. The molecular weight excluding hydrogens is 1710 g/mol. The van der Waals surface area contributed by atoms with Crippen LogP contribution in [-0.2, 0) is 79.9 Å². The number of phenols is 3. The van der Waals surface area contributed by atoms with Crippen LogP contribution in [-0.4, -0.2) is 246 Å². The molecule has 4 saturated heterocycles. The second-order valence-corrected chi connectivity index (χ2v) is 35.4. The van der Waals surface area contributed by atoms with Crippen LogP contribution in [0.1, 0.15) is 162 Å². The van der Waals surface area contributed by atoms with Gasteiger partial charge in [0.05, 0.1) is 72.3 Å². The van der Waals surface area contributed by atoms with Gasteiger partial charge in [-0.25, -0.2) is 4.79 Å². The molecule has 22 N–H and O–H groups in total. The highest BCUT2D eigenvalue weighted by Crippen LogP contribution is 2.52. The Balaban J connectivity index is 1.05. The molecule has 128 heavy (non-hydrogen) atoms. The topological polar surface area (TPSA) is 573 Å². The van der Waals surface area contributed by atoms with Gasteiger partial charge in [0.25, 0.3) is 0 Å². The van der Waals surface area contributed by atoms with Crippen LogP contribution < -0.4 is 68.2 Å². The highest BCUT2D eigenvalue weighted by molar-refractivity contribution is 6.32. The van der Waals surface area contributed by atoms with Gasteiger partial charge in [-0.2, -0.15) is 0 Å². The Bertz CT molecular complexity index is 5150. The van der Waals surface area contributed by atoms with Crippen molar-refractivity contribution in [3.63, 3.8) is 0 Å². The first kappa shape index (κ1) is 95.4. The number of phenolic OH excluding ortho intramolecular Hbond substituents is 3. The highest BCUT2D eigenvalue weighted by atomic mass is 35.5. The summed E-state index contributed by atoms with van der Waals surface area (Å²) in [6.45, 7) is 14.1. The summed E-state index contributed by atoms with van der Waals surface area (Å²) < 4.78 is 58.7. The number of likely N-dealkylation sites (N-methyl/N-ethyl adjacent to an activating group) is 1. The summed E-state index contributed by atoms with van der Waals surface area (Å²) in [5, 5.41) is 140. The van der Waals surface area contributed by atoms with Crippen molar-refractivity contribution in [3.8, 4) is 57.1 Å². The number of ether oxygens (including phenoxy) is 9. The van der Waals surface area contributed by atoms with E-state index in [1.54, 1.807) is 18.7 Å². The van der Waals surface area contributed by atoms with Crippen molar-refractivity contribution >= 4 is 70.5 Å². The molecule has 0 saturated carbocycles. The highest BCUT2D eigenvalue weighted by Gasteiger charge is 2.53. The summed E-state index contributed by atoms with van der Waals surface area (Å²) in [6.07, 6.45) is -22.8. The number of nitrogens with two attached hydrogens (primary N) is 2. The zero-order chi connectivity index (χ0) is 92.6. The molecule has 40 heteroatoms. The molecule has 15 rings (SSSR count). The van der Waals surface area contributed by atoms with Gasteiger partial charge < -0.3 is 148 Å². The maximum absolute atomic E-state index is 16.7. The standard InChI is InChI=1S/C88H109Cl2N11O27/c1-37(2)24-52(93-9)79(112)99-68-70(106)44-15-18-56(50(89)26-44)123-58-28-46-29-59(75(58)128-86-76(73(109)72(108)60(36-102)125-86)127-63-33-88(8,78(111)40(6)122-63)94-34-41-10-12-42(13-11-41)38(3)4)124-57-19-16-45(27-51(57)90)74(126-62-32-87(7,92)77(110)39(5)121-62)69-84(117)98-67(85(118)119)48-30-55(104)49(35-101-20-22-120-23-21-101)71(107)64(48)47-25-43(14-17-54(47)103)65(81(114)100-69)97-82(115)66(46)96-80(113)53(31-61(91)105)95-83(68)116/h10-19,25-30,37-40,52-53,60,62-63,65-70,72-74,76-78,86,93-94,102-104,106-111H,20-24,31-36,92H2,1-9H3,(H2,91,105)(H,95,116)(H,96,113)(H,97,115)(H,98,117)(H,99,112)(H,100,114)(H,118,119)/t39-,40-,52+,53-,60-,62-,63-,65+,66+,67+,68+,69-,70+,72-,73+,74+,76-,77+,78+,86+,87-,88-/m0/s1. The Morgan fingerprint density at radius 2 is 1.28 bits per heavy atom. The van der Waals surface area contributed by atoms with Gasteiger partial charge in [0.15, 0.2) is 36.2 Å². The average Bonchev–Trinajstić information content (AvgIpc) is 0.753. The van der Waals surface area contributed by atoms with Gasteiger partial charge in [0, 0.05) is 66.8 Å². The first-order valence-corrected chi connectivity index (χ1v) is 42.8. The van der Waals surface area contributed by atoms with Crippen LogP contribution in [0.25, 0.3) is 11.1 Å². The van der Waals surface area contributed by atoms with Crippen molar-refractivity contribution in [3.05, 3.63) is 152 Å². The van der Waals surface area contributed by atoms with E-state index in [2.05, 4.69) is 56.4 Å². The number of nitrogens with one attached hydrogen (secondary N) is 8. The lowest BCUT2D eigenvalue weighted by Crippen LogP contribution is -2.65. The number of carboxylic acid groups (broad SMARTS) is 1. The monoisotopic (exact) mass is 1820 g/mol. The summed E-state index contributed by atoms with van der Waals surface area (Å²) in [7, 11) is 1.48. The van der Waals surface area contributed by atoms with Crippen LogP contribution >= 0.6 is 23.2 Å². The molecule has 4 fully saturated rings. The molecule has 7 amide bonds. The molecule has 0 spiro atoms. The third-order valence-corrected chi connectivity index (χ3v) is 24.8. The molecule has 9 aliphatic heterocycles. The lowest BCUT2D eigenvalue weighted by Gasteiger charge is -2.48. The Morgan fingerprint density at radius 3 is 1.89 bits per heavy atom.